The first kappa shape index (κ1) is 34.0. The monoisotopic (exact) mass is 670 g/mol. The zero-order valence-corrected chi connectivity index (χ0v) is 24.9. The van der Waals surface area contributed by atoms with Crippen LogP contribution < -0.4 is 0 Å². The second-order valence-corrected chi connectivity index (χ2v) is 12.2. The highest BCUT2D eigenvalue weighted by molar-refractivity contribution is 5.87. The summed E-state index contributed by atoms with van der Waals surface area (Å²) in [6, 6.07) is 3.96. The van der Waals surface area contributed by atoms with Crippen LogP contribution in [-0.2, 0) is 38.0 Å². The number of aromatic hydroxyl groups is 2. The number of carbonyl (C=O) groups is 1. The van der Waals surface area contributed by atoms with Crippen molar-refractivity contribution < 1.29 is 83.9 Å². The van der Waals surface area contributed by atoms with E-state index in [9.17, 15) is 50.8 Å². The molecule has 6 rings (SSSR count). The summed E-state index contributed by atoms with van der Waals surface area (Å²) in [5, 5.41) is 90.9. The van der Waals surface area contributed by atoms with Crippen molar-refractivity contribution in [2.45, 2.75) is 92.4 Å². The zero-order chi connectivity index (χ0) is 33.8. The minimum absolute atomic E-state index is 0.330. The van der Waals surface area contributed by atoms with E-state index < -0.39 is 110 Å². The number of hydrogen-bond donors (Lipinski definition) is 9. The SMILES string of the molecule is C[C@@H]1O[C@@H](O[C@H]2[C@@H]3C=CO[C@@H](O[C@@H]4O[C@H](CO)[C@@H](O)[C@H](O)[C@H]4O)[C@@H]3[C@@]3(COC(=O)C=Cc4ccc(O)c(O)c4)O[C@@H]23)[C@H](O)[C@H](O)[C@H]1O. The minimum atomic E-state index is -1.75. The third-order valence-corrected chi connectivity index (χ3v) is 9.30. The van der Waals surface area contributed by atoms with E-state index in [1.54, 1.807) is 6.08 Å². The quantitative estimate of drug-likeness (QED) is 0.0546. The van der Waals surface area contributed by atoms with Crippen LogP contribution in [0.1, 0.15) is 12.5 Å². The highest BCUT2D eigenvalue weighted by Gasteiger charge is 2.77. The lowest BCUT2D eigenvalue weighted by molar-refractivity contribution is -0.347. The molecule has 47 heavy (non-hydrogen) atoms. The van der Waals surface area contributed by atoms with Crippen LogP contribution in [0.4, 0.5) is 0 Å². The summed E-state index contributed by atoms with van der Waals surface area (Å²) in [6.45, 7) is 0.445. The van der Waals surface area contributed by atoms with Crippen molar-refractivity contribution in [3.8, 4) is 11.5 Å². The topological polar surface area (TPSA) is 267 Å². The summed E-state index contributed by atoms with van der Waals surface area (Å²) in [7, 11) is 0. The lowest BCUT2D eigenvalue weighted by Crippen LogP contribution is -2.60. The van der Waals surface area contributed by atoms with Gasteiger partial charge in [0.1, 0.15) is 61.0 Å². The molecule has 17 heteroatoms. The molecule has 16 atom stereocenters. The number of esters is 1. The van der Waals surface area contributed by atoms with Gasteiger partial charge in [-0.1, -0.05) is 6.07 Å². The second kappa shape index (κ2) is 13.2. The number of epoxide rings is 1. The average molecular weight is 671 g/mol. The molecule has 260 valence electrons. The summed E-state index contributed by atoms with van der Waals surface area (Å²) < 4.78 is 40.6. The maximum absolute atomic E-state index is 12.8. The van der Waals surface area contributed by atoms with E-state index in [4.69, 9.17) is 33.2 Å². The Labute approximate surface area is 267 Å². The maximum atomic E-state index is 12.8. The van der Waals surface area contributed by atoms with Crippen LogP contribution in [0.2, 0.25) is 0 Å². The molecule has 4 fully saturated rings. The number of rotatable bonds is 9. The third-order valence-electron chi connectivity index (χ3n) is 9.30. The lowest BCUT2D eigenvalue weighted by Gasteiger charge is -2.44. The Bertz CT molecular complexity index is 1350. The van der Waals surface area contributed by atoms with Crippen molar-refractivity contribution in [1.82, 2.24) is 0 Å². The van der Waals surface area contributed by atoms with Gasteiger partial charge in [0, 0.05) is 12.0 Å². The summed E-state index contributed by atoms with van der Waals surface area (Å²) >= 11 is 0. The van der Waals surface area contributed by atoms with Gasteiger partial charge in [-0.25, -0.2) is 4.79 Å². The number of benzene rings is 1. The van der Waals surface area contributed by atoms with E-state index in [1.165, 1.54) is 37.5 Å². The van der Waals surface area contributed by atoms with Crippen LogP contribution >= 0.6 is 0 Å². The molecule has 5 aliphatic rings. The fourth-order valence-electron chi connectivity index (χ4n) is 6.61. The molecule has 0 radical (unpaired) electrons. The summed E-state index contributed by atoms with van der Waals surface area (Å²) in [5.41, 5.74) is -0.917. The molecule has 17 nitrogen and oxygen atoms in total. The molecule has 1 aromatic carbocycles. The molecule has 1 aromatic rings. The number of fused-ring (bicyclic) bond motifs is 3. The average Bonchev–Trinajstić information content (AvgIpc) is 3.72. The van der Waals surface area contributed by atoms with Gasteiger partial charge in [0.05, 0.1) is 31.0 Å². The fraction of sp³-hybridized carbons (Fsp3) is 0.633. The van der Waals surface area contributed by atoms with Crippen LogP contribution in [0.15, 0.2) is 36.6 Å². The lowest BCUT2D eigenvalue weighted by atomic mass is 9.85. The Hall–Kier alpha value is -2.91. The molecule has 9 N–H and O–H groups in total. The van der Waals surface area contributed by atoms with E-state index in [-0.39, 0.29) is 18.1 Å². The molecule has 0 amide bonds. The zero-order valence-electron chi connectivity index (χ0n) is 24.9. The predicted octanol–water partition coefficient (Wildman–Crippen LogP) is -3.06. The maximum Gasteiger partial charge on any atom is 0.330 e. The number of hydrogen-bond acceptors (Lipinski definition) is 17. The molecular formula is C30H38O17. The molecule has 0 spiro atoms. The van der Waals surface area contributed by atoms with Gasteiger partial charge < -0.3 is 79.1 Å². The normalized spacial score (nSPS) is 45.7. The van der Waals surface area contributed by atoms with E-state index in [0.717, 1.165) is 6.08 Å². The Balaban J connectivity index is 1.22. The van der Waals surface area contributed by atoms with Crippen molar-refractivity contribution in [1.29, 1.82) is 0 Å². The first-order valence-corrected chi connectivity index (χ1v) is 15.0. The molecule has 3 saturated heterocycles. The largest absolute Gasteiger partial charge is 0.504 e. The smallest absolute Gasteiger partial charge is 0.330 e. The third kappa shape index (κ3) is 6.23. The Morgan fingerprint density at radius 2 is 1.60 bits per heavy atom. The van der Waals surface area contributed by atoms with Crippen molar-refractivity contribution in [2.24, 2.45) is 11.8 Å². The predicted molar refractivity (Wildman–Crippen MR) is 150 cm³/mol. The number of aliphatic hydroxyl groups excluding tert-OH is 7. The molecule has 0 aromatic heterocycles. The molecule has 0 unspecified atom stereocenters. The van der Waals surface area contributed by atoms with Gasteiger partial charge in [-0.3, -0.25) is 0 Å². The molecule has 4 heterocycles. The van der Waals surface area contributed by atoms with Gasteiger partial charge in [0.2, 0.25) is 6.29 Å². The van der Waals surface area contributed by atoms with Crippen molar-refractivity contribution >= 4 is 12.0 Å². The van der Waals surface area contributed by atoms with E-state index in [2.05, 4.69) is 0 Å². The summed E-state index contributed by atoms with van der Waals surface area (Å²) in [6.07, 6.45) is -12.4. The first-order valence-electron chi connectivity index (χ1n) is 15.0. The molecule has 4 aliphatic heterocycles. The van der Waals surface area contributed by atoms with Crippen LogP contribution in [0.25, 0.3) is 6.08 Å². The van der Waals surface area contributed by atoms with Gasteiger partial charge in [-0.05, 0) is 36.8 Å². The van der Waals surface area contributed by atoms with Crippen molar-refractivity contribution in [2.75, 3.05) is 13.2 Å². The minimum Gasteiger partial charge on any atom is -0.504 e. The Morgan fingerprint density at radius 3 is 2.30 bits per heavy atom. The van der Waals surface area contributed by atoms with Crippen LogP contribution in [-0.4, -0.2) is 151 Å². The molecular weight excluding hydrogens is 632 g/mol. The van der Waals surface area contributed by atoms with Gasteiger partial charge in [0.25, 0.3) is 0 Å². The van der Waals surface area contributed by atoms with Gasteiger partial charge in [0.15, 0.2) is 24.1 Å². The Kier molecular flexibility index (Phi) is 9.53. The van der Waals surface area contributed by atoms with Crippen LogP contribution in [0.5, 0.6) is 11.5 Å². The summed E-state index contributed by atoms with van der Waals surface area (Å²) in [4.78, 5) is 12.8. The van der Waals surface area contributed by atoms with Gasteiger partial charge >= 0.3 is 5.97 Å². The van der Waals surface area contributed by atoms with Crippen LogP contribution in [0.3, 0.4) is 0 Å². The van der Waals surface area contributed by atoms with Crippen molar-refractivity contribution in [3.63, 3.8) is 0 Å². The first-order chi connectivity index (χ1) is 22.4. The number of phenols is 2. The number of phenolic OH excluding ortho intramolecular Hbond substituents is 2. The van der Waals surface area contributed by atoms with Crippen molar-refractivity contribution in [3.05, 3.63) is 42.2 Å². The number of carbonyl (C=O) groups excluding carboxylic acids is 1. The van der Waals surface area contributed by atoms with E-state index >= 15 is 0 Å². The number of aliphatic hydroxyl groups is 7. The van der Waals surface area contributed by atoms with Gasteiger partial charge in [-0.2, -0.15) is 0 Å². The highest BCUT2D eigenvalue weighted by atomic mass is 16.8. The molecule has 1 aliphatic carbocycles. The van der Waals surface area contributed by atoms with Crippen LogP contribution in [0, 0.1) is 11.8 Å². The fourth-order valence-corrected chi connectivity index (χ4v) is 6.61. The molecule has 1 saturated carbocycles. The molecule has 0 bridgehead atoms. The standard InChI is InChI=1S/C30H38O17/c1-11-19(35)21(37)23(39)28(43-11)45-25-13-6-7-41-27(46-29-24(40)22(38)20(36)16(9-31)44-29)18(13)30(26(25)47-30)10-42-17(34)5-3-12-2-4-14(32)15(33)8-12/h2-8,11,13,16,18-29,31-33,35-40H,9-10H2,1H3/t11-,13+,16+,18+,19-,20+,21+,22-,23+,24+,25-,26-,27-,28-,29-,30+/m0/s1. The number of ether oxygens (including phenoxy) is 7. The second-order valence-electron chi connectivity index (χ2n) is 12.2. The highest BCUT2D eigenvalue weighted by Crippen LogP contribution is 2.61. The van der Waals surface area contributed by atoms with E-state index in [0.29, 0.717) is 5.56 Å². The van der Waals surface area contributed by atoms with E-state index in [1.807, 2.05) is 0 Å². The Morgan fingerprint density at radius 1 is 0.894 bits per heavy atom. The summed E-state index contributed by atoms with van der Waals surface area (Å²) in [5.74, 6) is -2.96. The van der Waals surface area contributed by atoms with Gasteiger partial charge in [-0.15, -0.1) is 0 Å².